The molecule has 0 bridgehead atoms. The first-order chi connectivity index (χ1) is 9.88. The van der Waals surface area contributed by atoms with Crippen molar-refractivity contribution in [2.45, 2.75) is 26.8 Å². The van der Waals surface area contributed by atoms with Crippen LogP contribution in [-0.2, 0) is 9.59 Å². The molecule has 0 saturated heterocycles. The van der Waals surface area contributed by atoms with Crippen LogP contribution in [0.5, 0.6) is 0 Å². The Balaban J connectivity index is 2.34. The summed E-state index contributed by atoms with van der Waals surface area (Å²) in [7, 11) is 0. The molecule has 1 aliphatic rings. The third-order valence-electron chi connectivity index (χ3n) is 3.21. The highest BCUT2D eigenvalue weighted by atomic mass is 16.2. The standard InChI is InChI=1S/C15H17N3O3/c1-8-13(9(2)19)14(18-15(21)16-8)11-4-6-12(7-5-11)17-10(3)20/h4-7,14H,1-3H3,(H,17,20)(H2,16,18,21). The number of carbonyl (C=O) groups excluding carboxylic acids is 3. The van der Waals surface area contributed by atoms with Crippen molar-refractivity contribution in [3.8, 4) is 0 Å². The Morgan fingerprint density at radius 3 is 2.29 bits per heavy atom. The minimum Gasteiger partial charge on any atom is -0.327 e. The number of amides is 3. The predicted octanol–water partition coefficient (Wildman–Crippen LogP) is 1.86. The number of carbonyl (C=O) groups is 3. The van der Waals surface area contributed by atoms with Gasteiger partial charge >= 0.3 is 6.03 Å². The predicted molar refractivity (Wildman–Crippen MR) is 78.5 cm³/mol. The topological polar surface area (TPSA) is 87.3 Å². The van der Waals surface area contributed by atoms with Crippen LogP contribution in [0.2, 0.25) is 0 Å². The molecule has 1 heterocycles. The molecule has 0 saturated carbocycles. The average Bonchev–Trinajstić information content (AvgIpc) is 2.37. The van der Waals surface area contributed by atoms with Gasteiger partial charge in [-0.25, -0.2) is 4.79 Å². The highest BCUT2D eigenvalue weighted by Crippen LogP contribution is 2.27. The molecule has 1 aliphatic heterocycles. The van der Waals surface area contributed by atoms with Crippen LogP contribution < -0.4 is 16.0 Å². The van der Waals surface area contributed by atoms with Crippen molar-refractivity contribution in [3.05, 3.63) is 41.1 Å². The minimum absolute atomic E-state index is 0.101. The molecule has 21 heavy (non-hydrogen) atoms. The highest BCUT2D eigenvalue weighted by molar-refractivity contribution is 5.98. The normalized spacial score (nSPS) is 17.9. The number of hydrogen-bond donors (Lipinski definition) is 3. The fourth-order valence-corrected chi connectivity index (χ4v) is 2.37. The summed E-state index contributed by atoms with van der Waals surface area (Å²) in [5.74, 6) is -0.256. The maximum Gasteiger partial charge on any atom is 0.319 e. The van der Waals surface area contributed by atoms with Gasteiger partial charge in [0, 0.05) is 23.9 Å². The lowest BCUT2D eigenvalue weighted by molar-refractivity contribution is -0.115. The Morgan fingerprint density at radius 1 is 1.14 bits per heavy atom. The van der Waals surface area contributed by atoms with Crippen LogP contribution in [0.25, 0.3) is 0 Å². The Labute approximate surface area is 122 Å². The van der Waals surface area contributed by atoms with E-state index in [1.165, 1.54) is 13.8 Å². The monoisotopic (exact) mass is 287 g/mol. The summed E-state index contributed by atoms with van der Waals surface area (Å²) in [5, 5.41) is 8.01. The van der Waals surface area contributed by atoms with E-state index in [2.05, 4.69) is 16.0 Å². The smallest absolute Gasteiger partial charge is 0.319 e. The molecule has 0 aliphatic carbocycles. The van der Waals surface area contributed by atoms with Gasteiger partial charge in [0.25, 0.3) is 0 Å². The van der Waals surface area contributed by atoms with Crippen LogP contribution in [0, 0.1) is 0 Å². The van der Waals surface area contributed by atoms with Crippen molar-refractivity contribution in [2.24, 2.45) is 0 Å². The van der Waals surface area contributed by atoms with E-state index in [0.29, 0.717) is 17.0 Å². The van der Waals surface area contributed by atoms with E-state index >= 15 is 0 Å². The van der Waals surface area contributed by atoms with Gasteiger partial charge in [-0.05, 0) is 31.5 Å². The van der Waals surface area contributed by atoms with Crippen molar-refractivity contribution in [1.82, 2.24) is 10.6 Å². The van der Waals surface area contributed by atoms with E-state index < -0.39 is 6.04 Å². The summed E-state index contributed by atoms with van der Waals surface area (Å²) in [6.45, 7) is 4.60. The third-order valence-corrected chi connectivity index (χ3v) is 3.21. The fraction of sp³-hybridized carbons (Fsp3) is 0.267. The number of allylic oxidation sites excluding steroid dienone is 1. The van der Waals surface area contributed by atoms with Gasteiger partial charge in [-0.2, -0.15) is 0 Å². The summed E-state index contributed by atoms with van der Waals surface area (Å²) < 4.78 is 0. The maximum atomic E-state index is 11.8. The molecular weight excluding hydrogens is 270 g/mol. The molecule has 6 heteroatoms. The molecule has 0 spiro atoms. The number of ketones is 1. The Hall–Kier alpha value is -2.63. The number of hydrogen-bond acceptors (Lipinski definition) is 3. The molecule has 1 aromatic carbocycles. The van der Waals surface area contributed by atoms with Crippen LogP contribution in [-0.4, -0.2) is 17.7 Å². The lowest BCUT2D eigenvalue weighted by Crippen LogP contribution is -2.44. The molecule has 2 rings (SSSR count). The summed E-state index contributed by atoms with van der Waals surface area (Å²) >= 11 is 0. The van der Waals surface area contributed by atoms with Gasteiger partial charge in [-0.15, -0.1) is 0 Å². The Bertz CT molecular complexity index is 632. The lowest BCUT2D eigenvalue weighted by atomic mass is 9.93. The maximum absolute atomic E-state index is 11.8. The van der Waals surface area contributed by atoms with Crippen LogP contribution >= 0.6 is 0 Å². The first-order valence-electron chi connectivity index (χ1n) is 6.55. The van der Waals surface area contributed by atoms with E-state index in [-0.39, 0.29) is 17.7 Å². The number of rotatable bonds is 3. The molecule has 0 aromatic heterocycles. The van der Waals surface area contributed by atoms with Crippen molar-refractivity contribution in [1.29, 1.82) is 0 Å². The first kappa shape index (κ1) is 14.8. The van der Waals surface area contributed by atoms with Crippen LogP contribution in [0.15, 0.2) is 35.5 Å². The SMILES string of the molecule is CC(=O)Nc1ccc(C2NC(=O)NC(C)=C2C(C)=O)cc1. The van der Waals surface area contributed by atoms with Crippen LogP contribution in [0.3, 0.4) is 0 Å². The van der Waals surface area contributed by atoms with Gasteiger partial charge in [0.15, 0.2) is 5.78 Å². The van der Waals surface area contributed by atoms with Crippen molar-refractivity contribution < 1.29 is 14.4 Å². The molecule has 6 nitrogen and oxygen atoms in total. The summed E-state index contributed by atoms with van der Waals surface area (Å²) in [6.07, 6.45) is 0. The van der Waals surface area contributed by atoms with Gasteiger partial charge < -0.3 is 16.0 Å². The van der Waals surface area contributed by atoms with Gasteiger partial charge in [-0.1, -0.05) is 12.1 Å². The molecule has 0 fully saturated rings. The molecule has 1 unspecified atom stereocenters. The van der Waals surface area contributed by atoms with E-state index in [9.17, 15) is 14.4 Å². The van der Waals surface area contributed by atoms with Crippen molar-refractivity contribution in [2.75, 3.05) is 5.32 Å². The quantitative estimate of drug-likeness (QED) is 0.793. The number of benzene rings is 1. The molecule has 110 valence electrons. The zero-order valence-electron chi connectivity index (χ0n) is 12.1. The zero-order valence-corrected chi connectivity index (χ0v) is 12.1. The van der Waals surface area contributed by atoms with E-state index in [0.717, 1.165) is 5.56 Å². The first-order valence-corrected chi connectivity index (χ1v) is 6.55. The lowest BCUT2D eigenvalue weighted by Gasteiger charge is -2.28. The molecular formula is C15H17N3O3. The second-order valence-corrected chi connectivity index (χ2v) is 4.93. The van der Waals surface area contributed by atoms with Crippen molar-refractivity contribution >= 4 is 23.4 Å². The molecule has 3 N–H and O–H groups in total. The molecule has 1 atom stereocenters. The second kappa shape index (κ2) is 5.78. The van der Waals surface area contributed by atoms with Gasteiger partial charge in [0.05, 0.1) is 6.04 Å². The number of anilines is 1. The Morgan fingerprint density at radius 2 is 1.76 bits per heavy atom. The van der Waals surface area contributed by atoms with Crippen LogP contribution in [0.4, 0.5) is 10.5 Å². The van der Waals surface area contributed by atoms with Crippen molar-refractivity contribution in [3.63, 3.8) is 0 Å². The number of Topliss-reactive ketones (excluding diaryl/α,β-unsaturated/α-hetero) is 1. The van der Waals surface area contributed by atoms with Gasteiger partial charge in [0.1, 0.15) is 0 Å². The Kier molecular flexibility index (Phi) is 4.07. The molecule has 3 amide bonds. The highest BCUT2D eigenvalue weighted by Gasteiger charge is 2.28. The average molecular weight is 287 g/mol. The summed E-state index contributed by atoms with van der Waals surface area (Å²) in [4.78, 5) is 34.4. The van der Waals surface area contributed by atoms with E-state index in [4.69, 9.17) is 0 Å². The molecule has 1 aromatic rings. The summed E-state index contributed by atoms with van der Waals surface area (Å²) in [5.41, 5.74) is 2.53. The summed E-state index contributed by atoms with van der Waals surface area (Å²) in [6, 6.07) is 6.20. The number of nitrogens with one attached hydrogen (secondary N) is 3. The largest absolute Gasteiger partial charge is 0.327 e. The third kappa shape index (κ3) is 3.28. The second-order valence-electron chi connectivity index (χ2n) is 4.93. The van der Waals surface area contributed by atoms with Gasteiger partial charge in [0.2, 0.25) is 5.91 Å². The van der Waals surface area contributed by atoms with E-state index in [1.807, 2.05) is 0 Å². The van der Waals surface area contributed by atoms with Crippen LogP contribution in [0.1, 0.15) is 32.4 Å². The van der Waals surface area contributed by atoms with Gasteiger partial charge in [-0.3, -0.25) is 9.59 Å². The molecule has 0 radical (unpaired) electrons. The fourth-order valence-electron chi connectivity index (χ4n) is 2.37. The minimum atomic E-state index is -0.484. The van der Waals surface area contributed by atoms with E-state index in [1.54, 1.807) is 31.2 Å². The zero-order chi connectivity index (χ0) is 15.6. The number of urea groups is 1.